The third kappa shape index (κ3) is 2.84. The zero-order chi connectivity index (χ0) is 14.5. The molecule has 0 saturated heterocycles. The van der Waals surface area contributed by atoms with Gasteiger partial charge in [-0.2, -0.15) is 0 Å². The first-order valence-corrected chi connectivity index (χ1v) is 7.43. The summed E-state index contributed by atoms with van der Waals surface area (Å²) in [5, 5.41) is 0. The van der Waals surface area contributed by atoms with E-state index >= 15 is 0 Å². The first-order valence-electron chi connectivity index (χ1n) is 7.43. The molecule has 1 aromatic heterocycles. The molecule has 0 bridgehead atoms. The highest BCUT2D eigenvalue weighted by atomic mass is 16.2. The Morgan fingerprint density at radius 2 is 1.90 bits per heavy atom. The lowest BCUT2D eigenvalue weighted by atomic mass is 10.3. The van der Waals surface area contributed by atoms with Crippen molar-refractivity contribution in [1.82, 2.24) is 14.5 Å². The van der Waals surface area contributed by atoms with Crippen molar-refractivity contribution in [3.8, 4) is 0 Å². The number of hydrogen-bond acceptors (Lipinski definition) is 2. The van der Waals surface area contributed by atoms with Gasteiger partial charge in [0.15, 0.2) is 0 Å². The zero-order valence-electron chi connectivity index (χ0n) is 12.6. The van der Waals surface area contributed by atoms with Crippen molar-refractivity contribution in [2.45, 2.75) is 40.2 Å². The molecule has 0 radical (unpaired) electrons. The summed E-state index contributed by atoms with van der Waals surface area (Å²) in [5.41, 5.74) is 2.03. The molecule has 0 fully saturated rings. The van der Waals surface area contributed by atoms with Gasteiger partial charge in [-0.3, -0.25) is 4.79 Å². The number of aromatic nitrogens is 2. The van der Waals surface area contributed by atoms with Crippen LogP contribution in [0.3, 0.4) is 0 Å². The molecule has 2 rings (SSSR count). The average molecular weight is 273 g/mol. The summed E-state index contributed by atoms with van der Waals surface area (Å²) < 4.78 is 2.07. The molecule has 1 aromatic carbocycles. The molecule has 4 nitrogen and oxygen atoms in total. The Bertz CT molecular complexity index is 584. The largest absolute Gasteiger partial charge is 0.342 e. The fourth-order valence-corrected chi connectivity index (χ4v) is 2.53. The van der Waals surface area contributed by atoms with Gasteiger partial charge in [-0.05, 0) is 32.4 Å². The van der Waals surface area contributed by atoms with Crippen LogP contribution in [0.2, 0.25) is 0 Å². The van der Waals surface area contributed by atoms with Crippen molar-refractivity contribution in [2.75, 3.05) is 13.1 Å². The number of benzene rings is 1. The van der Waals surface area contributed by atoms with E-state index in [1.807, 2.05) is 43.0 Å². The van der Waals surface area contributed by atoms with Gasteiger partial charge in [0.05, 0.1) is 11.0 Å². The SMILES string of the molecule is CCCc1nc2ccccc2n1CC(=O)N(CC)CC. The Labute approximate surface area is 120 Å². The van der Waals surface area contributed by atoms with Crippen LogP contribution in [-0.4, -0.2) is 33.4 Å². The number of carbonyl (C=O) groups is 1. The lowest BCUT2D eigenvalue weighted by molar-refractivity contribution is -0.131. The molecule has 0 N–H and O–H groups in total. The van der Waals surface area contributed by atoms with Crippen molar-refractivity contribution >= 4 is 16.9 Å². The number of hydrogen-bond donors (Lipinski definition) is 0. The Morgan fingerprint density at radius 3 is 2.55 bits per heavy atom. The number of carbonyl (C=O) groups excluding carboxylic acids is 1. The van der Waals surface area contributed by atoms with E-state index in [1.54, 1.807) is 0 Å². The third-order valence-electron chi connectivity index (χ3n) is 3.62. The number of nitrogens with zero attached hydrogens (tertiary/aromatic N) is 3. The molecule has 0 unspecified atom stereocenters. The smallest absolute Gasteiger partial charge is 0.242 e. The summed E-state index contributed by atoms with van der Waals surface area (Å²) in [7, 11) is 0. The van der Waals surface area contributed by atoms with Crippen molar-refractivity contribution in [1.29, 1.82) is 0 Å². The molecule has 0 aliphatic heterocycles. The second kappa shape index (κ2) is 6.55. The molecule has 4 heteroatoms. The van der Waals surface area contributed by atoms with Gasteiger partial charge < -0.3 is 9.47 Å². The van der Waals surface area contributed by atoms with E-state index < -0.39 is 0 Å². The minimum atomic E-state index is 0.163. The molecule has 2 aromatic rings. The molecule has 1 amide bonds. The van der Waals surface area contributed by atoms with Crippen LogP contribution in [0.15, 0.2) is 24.3 Å². The first kappa shape index (κ1) is 14.6. The minimum Gasteiger partial charge on any atom is -0.342 e. The van der Waals surface area contributed by atoms with E-state index in [2.05, 4.69) is 16.5 Å². The normalized spacial score (nSPS) is 10.9. The fraction of sp³-hybridized carbons (Fsp3) is 0.500. The number of imidazole rings is 1. The van der Waals surface area contributed by atoms with Crippen molar-refractivity contribution in [2.24, 2.45) is 0 Å². The van der Waals surface area contributed by atoms with Crippen LogP contribution < -0.4 is 0 Å². The van der Waals surface area contributed by atoms with Crippen LogP contribution in [0.5, 0.6) is 0 Å². The Balaban J connectivity index is 2.36. The summed E-state index contributed by atoms with van der Waals surface area (Å²) in [6.45, 7) is 8.06. The van der Waals surface area contributed by atoms with Crippen molar-refractivity contribution in [3.05, 3.63) is 30.1 Å². The number of aryl methyl sites for hydroxylation is 1. The Hall–Kier alpha value is -1.84. The standard InChI is InChI=1S/C16H23N3O/c1-4-9-15-17-13-10-7-8-11-14(13)19(15)12-16(20)18(5-2)6-3/h7-8,10-11H,4-6,9,12H2,1-3H3. The van der Waals surface area contributed by atoms with Gasteiger partial charge in [-0.1, -0.05) is 19.1 Å². The molecule has 0 spiro atoms. The van der Waals surface area contributed by atoms with Crippen molar-refractivity contribution < 1.29 is 4.79 Å². The van der Waals surface area contributed by atoms with Gasteiger partial charge in [0.1, 0.15) is 12.4 Å². The lowest BCUT2D eigenvalue weighted by Crippen LogP contribution is -2.33. The monoisotopic (exact) mass is 273 g/mol. The van der Waals surface area contributed by atoms with Gasteiger partial charge in [0, 0.05) is 19.5 Å². The molecular weight excluding hydrogens is 250 g/mol. The molecule has 108 valence electrons. The summed E-state index contributed by atoms with van der Waals surface area (Å²) in [4.78, 5) is 18.9. The Kier molecular flexibility index (Phi) is 4.77. The van der Waals surface area contributed by atoms with Crippen LogP contribution in [0.1, 0.15) is 33.0 Å². The predicted molar refractivity (Wildman–Crippen MR) is 81.7 cm³/mol. The maximum Gasteiger partial charge on any atom is 0.242 e. The highest BCUT2D eigenvalue weighted by Gasteiger charge is 2.15. The van der Waals surface area contributed by atoms with E-state index in [0.29, 0.717) is 6.54 Å². The van der Waals surface area contributed by atoms with E-state index in [4.69, 9.17) is 0 Å². The second-order valence-corrected chi connectivity index (χ2v) is 4.92. The van der Waals surface area contributed by atoms with E-state index in [-0.39, 0.29) is 5.91 Å². The summed E-state index contributed by atoms with van der Waals surface area (Å²) in [5.74, 6) is 1.17. The molecule has 0 aliphatic carbocycles. The van der Waals surface area contributed by atoms with Gasteiger partial charge in [-0.25, -0.2) is 4.98 Å². The van der Waals surface area contributed by atoms with Gasteiger partial charge in [0.25, 0.3) is 0 Å². The number of fused-ring (bicyclic) bond motifs is 1. The molecular formula is C16H23N3O. The second-order valence-electron chi connectivity index (χ2n) is 4.92. The highest BCUT2D eigenvalue weighted by molar-refractivity contribution is 5.81. The van der Waals surface area contributed by atoms with Crippen LogP contribution in [-0.2, 0) is 17.8 Å². The fourth-order valence-electron chi connectivity index (χ4n) is 2.53. The molecule has 0 atom stereocenters. The highest BCUT2D eigenvalue weighted by Crippen LogP contribution is 2.17. The van der Waals surface area contributed by atoms with Gasteiger partial charge in [-0.15, -0.1) is 0 Å². The first-order chi connectivity index (χ1) is 9.71. The van der Waals surface area contributed by atoms with Crippen LogP contribution in [0, 0.1) is 0 Å². The minimum absolute atomic E-state index is 0.163. The van der Waals surface area contributed by atoms with E-state index in [0.717, 1.165) is 42.8 Å². The van der Waals surface area contributed by atoms with Crippen LogP contribution in [0.25, 0.3) is 11.0 Å². The molecule has 20 heavy (non-hydrogen) atoms. The molecule has 1 heterocycles. The number of rotatable bonds is 6. The number of amides is 1. The van der Waals surface area contributed by atoms with Crippen LogP contribution in [0.4, 0.5) is 0 Å². The quantitative estimate of drug-likeness (QED) is 0.811. The van der Waals surface area contributed by atoms with Gasteiger partial charge >= 0.3 is 0 Å². The maximum absolute atomic E-state index is 12.4. The maximum atomic E-state index is 12.4. The van der Waals surface area contributed by atoms with E-state index in [9.17, 15) is 4.79 Å². The summed E-state index contributed by atoms with van der Waals surface area (Å²) >= 11 is 0. The third-order valence-corrected chi connectivity index (χ3v) is 3.62. The Morgan fingerprint density at radius 1 is 1.20 bits per heavy atom. The lowest BCUT2D eigenvalue weighted by Gasteiger charge is -2.19. The number of para-hydroxylation sites is 2. The van der Waals surface area contributed by atoms with Gasteiger partial charge in [0.2, 0.25) is 5.91 Å². The predicted octanol–water partition coefficient (Wildman–Crippen LogP) is 2.86. The summed E-state index contributed by atoms with van der Waals surface area (Å²) in [6.07, 6.45) is 1.93. The van der Waals surface area contributed by atoms with Crippen molar-refractivity contribution in [3.63, 3.8) is 0 Å². The molecule has 0 aliphatic rings. The topological polar surface area (TPSA) is 38.1 Å². The zero-order valence-corrected chi connectivity index (χ0v) is 12.6. The summed E-state index contributed by atoms with van der Waals surface area (Å²) in [6, 6.07) is 8.03. The van der Waals surface area contributed by atoms with Crippen LogP contribution >= 0.6 is 0 Å². The molecule has 0 saturated carbocycles. The average Bonchev–Trinajstić information content (AvgIpc) is 2.79. The number of likely N-dealkylation sites (N-methyl/N-ethyl adjacent to an activating group) is 1. The van der Waals surface area contributed by atoms with E-state index in [1.165, 1.54) is 0 Å².